The third-order valence-electron chi connectivity index (χ3n) is 4.85. The van der Waals surface area contributed by atoms with Crippen LogP contribution in [-0.4, -0.2) is 46.5 Å². The summed E-state index contributed by atoms with van der Waals surface area (Å²) in [6, 6.07) is 11.4. The molecule has 2 aromatic rings. The van der Waals surface area contributed by atoms with Gasteiger partial charge in [-0.2, -0.15) is 5.10 Å². The first-order valence-corrected chi connectivity index (χ1v) is 7.81. The standard InChI is InChI=1S/C17H18N4O2/c22-15-10-17(12-21(15)13-4-2-1-3-5-13)7-9-20(11-17)16(23)14-6-8-18-19-14/h1-6,8H,7,9-12H2,(H,18,19). The fraction of sp³-hybridized carbons (Fsp3) is 0.353. The van der Waals surface area contributed by atoms with E-state index in [2.05, 4.69) is 10.2 Å². The number of rotatable bonds is 2. The molecule has 2 aliphatic heterocycles. The number of para-hydroxylation sites is 1. The fourth-order valence-electron chi connectivity index (χ4n) is 3.67. The number of carbonyl (C=O) groups is 2. The van der Waals surface area contributed by atoms with Gasteiger partial charge in [-0.25, -0.2) is 0 Å². The minimum absolute atomic E-state index is 0.0371. The van der Waals surface area contributed by atoms with Gasteiger partial charge in [-0.15, -0.1) is 0 Å². The van der Waals surface area contributed by atoms with Gasteiger partial charge in [0.25, 0.3) is 5.91 Å². The molecule has 1 atom stereocenters. The van der Waals surface area contributed by atoms with E-state index in [0.29, 0.717) is 31.7 Å². The molecule has 2 saturated heterocycles. The number of likely N-dealkylation sites (tertiary alicyclic amines) is 1. The second-order valence-electron chi connectivity index (χ2n) is 6.44. The van der Waals surface area contributed by atoms with Crippen molar-refractivity contribution in [3.8, 4) is 0 Å². The van der Waals surface area contributed by atoms with Crippen LogP contribution in [0.5, 0.6) is 0 Å². The SMILES string of the molecule is O=C(c1ccn[nH]1)N1CCC2(CC(=O)N(c3ccccc3)C2)C1. The maximum atomic E-state index is 12.4. The molecule has 23 heavy (non-hydrogen) atoms. The fourth-order valence-corrected chi connectivity index (χ4v) is 3.67. The van der Waals surface area contributed by atoms with Gasteiger partial charge in [0.15, 0.2) is 0 Å². The van der Waals surface area contributed by atoms with Crippen molar-refractivity contribution in [2.75, 3.05) is 24.5 Å². The first-order chi connectivity index (χ1) is 11.2. The monoisotopic (exact) mass is 310 g/mol. The Labute approximate surface area is 134 Å². The smallest absolute Gasteiger partial charge is 0.271 e. The van der Waals surface area contributed by atoms with Crippen molar-refractivity contribution in [3.05, 3.63) is 48.3 Å². The zero-order valence-corrected chi connectivity index (χ0v) is 12.7. The maximum Gasteiger partial charge on any atom is 0.271 e. The lowest BCUT2D eigenvalue weighted by molar-refractivity contribution is -0.117. The first-order valence-electron chi connectivity index (χ1n) is 7.81. The molecule has 1 N–H and O–H groups in total. The van der Waals surface area contributed by atoms with Crippen molar-refractivity contribution in [2.45, 2.75) is 12.8 Å². The molecular formula is C17H18N4O2. The molecule has 6 heteroatoms. The van der Waals surface area contributed by atoms with Crippen LogP contribution in [0.25, 0.3) is 0 Å². The van der Waals surface area contributed by atoms with Crippen LogP contribution >= 0.6 is 0 Å². The first kappa shape index (κ1) is 14.0. The van der Waals surface area contributed by atoms with Crippen molar-refractivity contribution >= 4 is 17.5 Å². The number of benzene rings is 1. The van der Waals surface area contributed by atoms with Crippen molar-refractivity contribution in [1.29, 1.82) is 0 Å². The van der Waals surface area contributed by atoms with E-state index >= 15 is 0 Å². The summed E-state index contributed by atoms with van der Waals surface area (Å²) < 4.78 is 0. The number of nitrogens with one attached hydrogen (secondary N) is 1. The summed E-state index contributed by atoms with van der Waals surface area (Å²) in [5, 5.41) is 6.55. The molecule has 2 fully saturated rings. The Balaban J connectivity index is 1.51. The number of carbonyl (C=O) groups excluding carboxylic acids is 2. The molecule has 0 aliphatic carbocycles. The molecule has 4 rings (SSSR count). The number of hydrogen-bond donors (Lipinski definition) is 1. The Morgan fingerprint density at radius 3 is 2.74 bits per heavy atom. The second kappa shape index (κ2) is 5.22. The van der Waals surface area contributed by atoms with E-state index in [4.69, 9.17) is 0 Å². The number of aromatic nitrogens is 2. The number of nitrogens with zero attached hydrogens (tertiary/aromatic N) is 3. The zero-order valence-electron chi connectivity index (χ0n) is 12.7. The van der Waals surface area contributed by atoms with Gasteiger partial charge in [-0.05, 0) is 24.6 Å². The summed E-state index contributed by atoms with van der Waals surface area (Å²) in [5.74, 6) is 0.108. The summed E-state index contributed by atoms with van der Waals surface area (Å²) >= 11 is 0. The minimum atomic E-state index is -0.122. The number of H-pyrrole nitrogens is 1. The van der Waals surface area contributed by atoms with Crippen LogP contribution in [0, 0.1) is 5.41 Å². The maximum absolute atomic E-state index is 12.4. The Morgan fingerprint density at radius 1 is 1.17 bits per heavy atom. The Bertz CT molecular complexity index is 728. The molecule has 3 heterocycles. The van der Waals surface area contributed by atoms with Crippen LogP contribution in [0.1, 0.15) is 23.3 Å². The molecule has 1 aromatic carbocycles. The molecule has 118 valence electrons. The quantitative estimate of drug-likeness (QED) is 0.917. The molecular weight excluding hydrogens is 292 g/mol. The minimum Gasteiger partial charge on any atom is -0.337 e. The highest BCUT2D eigenvalue weighted by Gasteiger charge is 2.48. The Hall–Kier alpha value is -2.63. The summed E-state index contributed by atoms with van der Waals surface area (Å²) in [4.78, 5) is 28.6. The van der Waals surface area contributed by atoms with E-state index in [0.717, 1.165) is 12.1 Å². The molecule has 1 spiro atoms. The number of aromatic amines is 1. The summed E-state index contributed by atoms with van der Waals surface area (Å²) in [6.45, 7) is 2.00. The second-order valence-corrected chi connectivity index (χ2v) is 6.44. The molecule has 6 nitrogen and oxygen atoms in total. The van der Waals surface area contributed by atoms with Gasteiger partial charge in [0, 0.05) is 43.4 Å². The third-order valence-corrected chi connectivity index (χ3v) is 4.85. The Morgan fingerprint density at radius 2 is 2.00 bits per heavy atom. The zero-order chi connectivity index (χ0) is 15.9. The average Bonchev–Trinajstić information content (AvgIpc) is 3.29. The van der Waals surface area contributed by atoms with E-state index in [1.165, 1.54) is 0 Å². The van der Waals surface area contributed by atoms with Gasteiger partial charge in [0.05, 0.1) is 0 Å². The van der Waals surface area contributed by atoms with Gasteiger partial charge < -0.3 is 9.80 Å². The normalized spacial score (nSPS) is 23.9. The van der Waals surface area contributed by atoms with Gasteiger partial charge in [0.2, 0.25) is 5.91 Å². The molecule has 2 amide bonds. The van der Waals surface area contributed by atoms with Crippen molar-refractivity contribution in [3.63, 3.8) is 0 Å². The number of amides is 2. The number of hydrogen-bond acceptors (Lipinski definition) is 3. The van der Waals surface area contributed by atoms with Crippen molar-refractivity contribution < 1.29 is 9.59 Å². The largest absolute Gasteiger partial charge is 0.337 e. The van der Waals surface area contributed by atoms with Crippen molar-refractivity contribution in [2.24, 2.45) is 5.41 Å². The highest BCUT2D eigenvalue weighted by molar-refractivity contribution is 5.97. The van der Waals surface area contributed by atoms with Gasteiger partial charge >= 0.3 is 0 Å². The Kier molecular flexibility index (Phi) is 3.18. The van der Waals surface area contributed by atoms with Gasteiger partial charge in [-0.1, -0.05) is 18.2 Å². The van der Waals surface area contributed by atoms with Crippen molar-refractivity contribution in [1.82, 2.24) is 15.1 Å². The third kappa shape index (κ3) is 2.40. The lowest BCUT2D eigenvalue weighted by Crippen LogP contribution is -2.34. The van der Waals surface area contributed by atoms with Gasteiger partial charge in [-0.3, -0.25) is 14.7 Å². The highest BCUT2D eigenvalue weighted by Crippen LogP contribution is 2.42. The van der Waals surface area contributed by atoms with Crippen LogP contribution in [0.15, 0.2) is 42.6 Å². The van der Waals surface area contributed by atoms with Crippen LogP contribution in [-0.2, 0) is 4.79 Å². The van der Waals surface area contributed by atoms with E-state index < -0.39 is 0 Å². The lowest BCUT2D eigenvalue weighted by Gasteiger charge is -2.24. The molecule has 2 aliphatic rings. The highest BCUT2D eigenvalue weighted by atomic mass is 16.2. The van der Waals surface area contributed by atoms with Gasteiger partial charge in [0.1, 0.15) is 5.69 Å². The van der Waals surface area contributed by atoms with Crippen LogP contribution in [0.4, 0.5) is 5.69 Å². The predicted octanol–water partition coefficient (Wildman–Crippen LogP) is 1.68. The number of anilines is 1. The summed E-state index contributed by atoms with van der Waals surface area (Å²) in [5.41, 5.74) is 1.32. The van der Waals surface area contributed by atoms with E-state index in [1.807, 2.05) is 40.1 Å². The molecule has 0 bridgehead atoms. The predicted molar refractivity (Wildman–Crippen MR) is 85.0 cm³/mol. The molecule has 0 saturated carbocycles. The lowest BCUT2D eigenvalue weighted by atomic mass is 9.86. The summed E-state index contributed by atoms with van der Waals surface area (Å²) in [6.07, 6.45) is 2.95. The van der Waals surface area contributed by atoms with Crippen LogP contribution < -0.4 is 4.90 Å². The molecule has 1 aromatic heterocycles. The topological polar surface area (TPSA) is 69.3 Å². The molecule has 1 unspecified atom stereocenters. The van der Waals surface area contributed by atoms with E-state index in [1.54, 1.807) is 12.3 Å². The van der Waals surface area contributed by atoms with Crippen LogP contribution in [0.3, 0.4) is 0 Å². The van der Waals surface area contributed by atoms with E-state index in [9.17, 15) is 9.59 Å². The summed E-state index contributed by atoms with van der Waals surface area (Å²) in [7, 11) is 0. The average molecular weight is 310 g/mol. The molecule has 0 radical (unpaired) electrons. The van der Waals surface area contributed by atoms with E-state index in [-0.39, 0.29) is 17.2 Å². The van der Waals surface area contributed by atoms with Crippen LogP contribution in [0.2, 0.25) is 0 Å².